The Labute approximate surface area is 199 Å². The summed E-state index contributed by atoms with van der Waals surface area (Å²) in [6, 6.07) is 11.0. The number of rotatable bonds is 8. The zero-order valence-corrected chi connectivity index (χ0v) is 19.4. The minimum Gasteiger partial charge on any atom is -0.475 e. The average Bonchev–Trinajstić information content (AvgIpc) is 2.75. The van der Waals surface area contributed by atoms with Gasteiger partial charge in [-0.15, -0.1) is 0 Å². The van der Waals surface area contributed by atoms with Crippen LogP contribution in [0.5, 0.6) is 5.75 Å². The van der Waals surface area contributed by atoms with Crippen LogP contribution in [0.3, 0.4) is 0 Å². The number of benzene rings is 2. The summed E-state index contributed by atoms with van der Waals surface area (Å²) < 4.78 is 85.0. The number of carbonyl (C=O) groups is 2. The molecule has 0 atom stereocenters. The molecule has 1 N–H and O–H groups in total. The number of hydrogen-bond acceptors (Lipinski definition) is 7. The molecular weight excluding hydrogens is 493 g/mol. The molecule has 0 aliphatic carbocycles. The summed E-state index contributed by atoms with van der Waals surface area (Å²) in [7, 11) is -4.35. The van der Waals surface area contributed by atoms with Crippen molar-refractivity contribution in [2.24, 2.45) is 0 Å². The smallest absolute Gasteiger partial charge is 0.419 e. The highest BCUT2D eigenvalue weighted by Crippen LogP contribution is 2.38. The molecule has 35 heavy (non-hydrogen) atoms. The van der Waals surface area contributed by atoms with Crippen LogP contribution in [0.2, 0.25) is 0 Å². The van der Waals surface area contributed by atoms with E-state index in [2.05, 4.69) is 16.6 Å². The van der Waals surface area contributed by atoms with Crippen molar-refractivity contribution in [3.05, 3.63) is 65.2 Å². The molecule has 0 aliphatic heterocycles. The second kappa shape index (κ2) is 11.2. The number of halogens is 3. The van der Waals surface area contributed by atoms with Gasteiger partial charge >= 0.3 is 18.1 Å². The van der Waals surface area contributed by atoms with Crippen LogP contribution in [-0.4, -0.2) is 49.5 Å². The summed E-state index contributed by atoms with van der Waals surface area (Å²) >= 11 is 0. The SMILES string of the molecule is CC(C)(C#Cc1ccccc1)Oc1cc(C(=O)OCC(=O)OCCS(=O)(=O)O)ccc1C(F)(F)F. The van der Waals surface area contributed by atoms with Gasteiger partial charge in [0.15, 0.2) is 12.2 Å². The lowest BCUT2D eigenvalue weighted by atomic mass is 10.1. The molecule has 2 aromatic rings. The van der Waals surface area contributed by atoms with Crippen LogP contribution in [0.15, 0.2) is 48.5 Å². The summed E-state index contributed by atoms with van der Waals surface area (Å²) in [5.74, 6) is 1.76. The van der Waals surface area contributed by atoms with Crippen LogP contribution >= 0.6 is 0 Å². The summed E-state index contributed by atoms with van der Waals surface area (Å²) in [5, 5.41) is 0. The molecule has 0 amide bonds. The van der Waals surface area contributed by atoms with Crippen molar-refractivity contribution >= 4 is 22.1 Å². The fourth-order valence-corrected chi connectivity index (χ4v) is 2.82. The van der Waals surface area contributed by atoms with E-state index in [0.29, 0.717) is 11.6 Å². The first-order valence-corrected chi connectivity index (χ1v) is 11.5. The van der Waals surface area contributed by atoms with Gasteiger partial charge in [-0.1, -0.05) is 30.0 Å². The van der Waals surface area contributed by atoms with Gasteiger partial charge in [0, 0.05) is 5.56 Å². The molecule has 0 saturated carbocycles. The molecule has 0 heterocycles. The average molecular weight is 514 g/mol. The van der Waals surface area contributed by atoms with E-state index in [4.69, 9.17) is 14.0 Å². The third-order valence-corrected chi connectivity index (χ3v) is 4.78. The highest BCUT2D eigenvalue weighted by atomic mass is 32.2. The van der Waals surface area contributed by atoms with Crippen LogP contribution in [0.1, 0.15) is 35.3 Å². The fourth-order valence-electron chi connectivity index (χ4n) is 2.52. The van der Waals surface area contributed by atoms with E-state index in [9.17, 15) is 31.2 Å². The lowest BCUT2D eigenvalue weighted by molar-refractivity contribution is -0.146. The van der Waals surface area contributed by atoms with E-state index in [1.165, 1.54) is 13.8 Å². The Bertz CT molecular complexity index is 1230. The normalized spacial score (nSPS) is 11.7. The largest absolute Gasteiger partial charge is 0.475 e. The number of hydrogen-bond donors (Lipinski definition) is 1. The quantitative estimate of drug-likeness (QED) is 0.323. The second-order valence-electron chi connectivity index (χ2n) is 7.52. The molecule has 0 aromatic heterocycles. The summed E-state index contributed by atoms with van der Waals surface area (Å²) in [4.78, 5) is 23.8. The predicted octanol–water partition coefficient (Wildman–Crippen LogP) is 3.50. The highest BCUT2D eigenvalue weighted by molar-refractivity contribution is 7.85. The van der Waals surface area contributed by atoms with Crippen LogP contribution in [0, 0.1) is 11.8 Å². The van der Waals surface area contributed by atoms with Gasteiger partial charge in [-0.3, -0.25) is 4.55 Å². The van der Waals surface area contributed by atoms with Gasteiger partial charge < -0.3 is 14.2 Å². The van der Waals surface area contributed by atoms with Gasteiger partial charge in [-0.05, 0) is 44.2 Å². The minimum absolute atomic E-state index is 0.342. The van der Waals surface area contributed by atoms with Gasteiger partial charge in [0.25, 0.3) is 10.1 Å². The molecule has 12 heteroatoms. The van der Waals surface area contributed by atoms with E-state index in [1.54, 1.807) is 30.3 Å². The third-order valence-electron chi connectivity index (χ3n) is 4.09. The van der Waals surface area contributed by atoms with Crippen LogP contribution < -0.4 is 4.74 Å². The van der Waals surface area contributed by atoms with Crippen LogP contribution in [0.25, 0.3) is 0 Å². The molecule has 0 unspecified atom stereocenters. The second-order valence-corrected chi connectivity index (χ2v) is 9.09. The third kappa shape index (κ3) is 9.68. The monoisotopic (exact) mass is 514 g/mol. The lowest BCUT2D eigenvalue weighted by Crippen LogP contribution is -2.27. The molecule has 2 aromatic carbocycles. The van der Waals surface area contributed by atoms with Crippen LogP contribution in [0.4, 0.5) is 13.2 Å². The molecule has 0 bridgehead atoms. The zero-order valence-electron chi connectivity index (χ0n) is 18.6. The highest BCUT2D eigenvalue weighted by Gasteiger charge is 2.36. The fraction of sp³-hybridized carbons (Fsp3) is 0.304. The molecule has 0 radical (unpaired) electrons. The number of ether oxygens (including phenoxy) is 3. The molecule has 0 saturated heterocycles. The van der Waals surface area contributed by atoms with Crippen molar-refractivity contribution in [3.63, 3.8) is 0 Å². The van der Waals surface area contributed by atoms with E-state index >= 15 is 0 Å². The Morgan fingerprint density at radius 2 is 1.69 bits per heavy atom. The molecular formula is C23H21F3O8S. The zero-order chi connectivity index (χ0) is 26.3. The first kappa shape index (κ1) is 27.7. The van der Waals surface area contributed by atoms with Crippen LogP contribution in [-0.2, 0) is 30.6 Å². The lowest BCUT2D eigenvalue weighted by Gasteiger charge is -2.23. The topological polar surface area (TPSA) is 116 Å². The maximum atomic E-state index is 13.5. The number of carbonyl (C=O) groups excluding carboxylic acids is 2. The van der Waals surface area contributed by atoms with Gasteiger partial charge in [-0.25, -0.2) is 9.59 Å². The molecule has 0 spiro atoms. The first-order valence-electron chi connectivity index (χ1n) is 9.93. The molecule has 188 valence electrons. The maximum Gasteiger partial charge on any atom is 0.419 e. The number of alkyl halides is 3. The summed E-state index contributed by atoms with van der Waals surface area (Å²) in [6.45, 7) is 1.30. The van der Waals surface area contributed by atoms with Crippen molar-refractivity contribution in [2.45, 2.75) is 25.6 Å². The van der Waals surface area contributed by atoms with Gasteiger partial charge in [0.1, 0.15) is 18.1 Å². The maximum absolute atomic E-state index is 13.5. The summed E-state index contributed by atoms with van der Waals surface area (Å²) in [6.07, 6.45) is -4.79. The molecule has 8 nitrogen and oxygen atoms in total. The Morgan fingerprint density at radius 3 is 2.29 bits per heavy atom. The summed E-state index contributed by atoms with van der Waals surface area (Å²) in [5.41, 5.74) is -2.24. The van der Waals surface area contributed by atoms with Gasteiger partial charge in [0.05, 0.1) is 11.1 Å². The van der Waals surface area contributed by atoms with Crippen molar-refractivity contribution in [2.75, 3.05) is 19.0 Å². The number of esters is 2. The molecule has 0 fully saturated rings. The Morgan fingerprint density at radius 1 is 1.03 bits per heavy atom. The predicted molar refractivity (Wildman–Crippen MR) is 117 cm³/mol. The Kier molecular flexibility index (Phi) is 8.89. The molecule has 2 rings (SSSR count). The van der Waals surface area contributed by atoms with Crippen molar-refractivity contribution in [3.8, 4) is 17.6 Å². The van der Waals surface area contributed by atoms with E-state index in [0.717, 1.165) is 12.1 Å². The van der Waals surface area contributed by atoms with E-state index in [-0.39, 0.29) is 5.56 Å². The molecule has 0 aliphatic rings. The first-order chi connectivity index (χ1) is 16.2. The Balaban J connectivity index is 2.16. The van der Waals surface area contributed by atoms with Crippen molar-refractivity contribution in [1.29, 1.82) is 0 Å². The van der Waals surface area contributed by atoms with Crippen molar-refractivity contribution < 1.29 is 49.9 Å². The van der Waals surface area contributed by atoms with Gasteiger partial charge in [-0.2, -0.15) is 21.6 Å². The van der Waals surface area contributed by atoms with Crippen molar-refractivity contribution in [1.82, 2.24) is 0 Å². The van der Waals surface area contributed by atoms with E-state index < -0.39 is 64.1 Å². The van der Waals surface area contributed by atoms with E-state index in [1.807, 2.05) is 0 Å². The standard InChI is InChI=1S/C23H21F3O8S/c1-22(2,11-10-16-6-4-3-5-7-16)34-19-14-17(8-9-18(19)23(24,25)26)21(28)33-15-20(27)32-12-13-35(29,30)31/h3-9,14H,12-13,15H2,1-2H3,(H,29,30,31). The Hall–Kier alpha value is -3.56. The van der Waals surface area contributed by atoms with Gasteiger partial charge in [0.2, 0.25) is 0 Å². The minimum atomic E-state index is -4.79.